The lowest BCUT2D eigenvalue weighted by atomic mass is 10.0. The number of nitrogens with one attached hydrogen (secondary N) is 2. The smallest absolute Gasteiger partial charge is 0.339 e. The second-order valence-electron chi connectivity index (χ2n) is 7.02. The molecule has 0 fully saturated rings. The molecule has 33 heavy (non-hydrogen) atoms. The molecule has 0 aliphatic carbocycles. The van der Waals surface area contributed by atoms with Gasteiger partial charge >= 0.3 is 5.97 Å². The quantitative estimate of drug-likeness (QED) is 0.362. The Labute approximate surface area is 188 Å². The summed E-state index contributed by atoms with van der Waals surface area (Å²) in [6.45, 7) is -0.601. The zero-order valence-corrected chi connectivity index (χ0v) is 17.2. The standard InChI is InChI=1S/C25H18FN3O4/c26-18-12-10-16(11-13-18)22-14-20(19-8-4-5-9-21(19)27-22)25(32)33-15-23(30)28-29-24(31)17-6-2-1-3-7-17/h1-14H,15H2,(H,28,30)(H,29,31). The van der Waals surface area contributed by atoms with Crippen molar-refractivity contribution in [2.24, 2.45) is 0 Å². The van der Waals surface area contributed by atoms with Gasteiger partial charge in [0.2, 0.25) is 0 Å². The SMILES string of the molecule is O=C(COC(=O)c1cc(-c2ccc(F)cc2)nc2ccccc12)NNC(=O)c1ccccc1. The molecule has 3 aromatic carbocycles. The first-order chi connectivity index (χ1) is 16.0. The molecule has 0 radical (unpaired) electrons. The Morgan fingerprint density at radius 1 is 0.848 bits per heavy atom. The molecule has 7 nitrogen and oxygen atoms in total. The lowest BCUT2D eigenvalue weighted by molar-refractivity contribution is -0.125. The maximum absolute atomic E-state index is 13.3. The number of pyridine rings is 1. The highest BCUT2D eigenvalue weighted by atomic mass is 19.1. The van der Waals surface area contributed by atoms with E-state index >= 15 is 0 Å². The van der Waals surface area contributed by atoms with Crippen molar-refractivity contribution < 1.29 is 23.5 Å². The lowest BCUT2D eigenvalue weighted by Crippen LogP contribution is -2.43. The average molecular weight is 443 g/mol. The molecule has 0 unspecified atom stereocenters. The minimum absolute atomic E-state index is 0.209. The van der Waals surface area contributed by atoms with Crippen LogP contribution in [0.1, 0.15) is 20.7 Å². The van der Waals surface area contributed by atoms with Crippen LogP contribution in [0.3, 0.4) is 0 Å². The van der Waals surface area contributed by atoms with Gasteiger partial charge in [-0.3, -0.25) is 20.4 Å². The maximum atomic E-state index is 13.3. The highest BCUT2D eigenvalue weighted by molar-refractivity contribution is 6.05. The Morgan fingerprint density at radius 2 is 1.55 bits per heavy atom. The van der Waals surface area contributed by atoms with Gasteiger partial charge < -0.3 is 4.74 Å². The number of hydrogen-bond acceptors (Lipinski definition) is 5. The number of hydrogen-bond donors (Lipinski definition) is 2. The minimum atomic E-state index is -0.735. The number of carbonyl (C=O) groups excluding carboxylic acids is 3. The molecule has 0 saturated heterocycles. The summed E-state index contributed by atoms with van der Waals surface area (Å²) in [6.07, 6.45) is 0. The van der Waals surface area contributed by atoms with Crippen LogP contribution in [0.15, 0.2) is 84.9 Å². The fraction of sp³-hybridized carbons (Fsp3) is 0.0400. The predicted molar refractivity (Wildman–Crippen MR) is 119 cm³/mol. The van der Waals surface area contributed by atoms with Crippen molar-refractivity contribution in [3.05, 3.63) is 102 Å². The third-order valence-electron chi connectivity index (χ3n) is 4.76. The van der Waals surface area contributed by atoms with Crippen molar-refractivity contribution >= 4 is 28.7 Å². The number of amides is 2. The third-order valence-corrected chi connectivity index (χ3v) is 4.76. The van der Waals surface area contributed by atoms with Crippen molar-refractivity contribution in [1.29, 1.82) is 0 Å². The van der Waals surface area contributed by atoms with Crippen LogP contribution in [0.25, 0.3) is 22.2 Å². The number of nitrogens with zero attached hydrogens (tertiary/aromatic N) is 1. The third kappa shape index (κ3) is 5.19. The Morgan fingerprint density at radius 3 is 2.30 bits per heavy atom. The maximum Gasteiger partial charge on any atom is 0.339 e. The molecule has 0 saturated carbocycles. The number of halogens is 1. The molecule has 1 heterocycles. The van der Waals surface area contributed by atoms with Crippen molar-refractivity contribution in [2.45, 2.75) is 0 Å². The van der Waals surface area contributed by atoms with E-state index in [1.165, 1.54) is 18.2 Å². The van der Waals surface area contributed by atoms with E-state index in [0.717, 1.165) is 0 Å². The molecule has 2 N–H and O–H groups in total. The van der Waals surface area contributed by atoms with Gasteiger partial charge in [0, 0.05) is 16.5 Å². The molecular formula is C25H18FN3O4. The van der Waals surface area contributed by atoms with Crippen LogP contribution < -0.4 is 10.9 Å². The normalized spacial score (nSPS) is 10.5. The first-order valence-corrected chi connectivity index (χ1v) is 9.98. The molecule has 164 valence electrons. The summed E-state index contributed by atoms with van der Waals surface area (Å²) in [5.41, 5.74) is 6.67. The zero-order chi connectivity index (χ0) is 23.2. The van der Waals surface area contributed by atoms with Gasteiger partial charge in [0.25, 0.3) is 11.8 Å². The number of fused-ring (bicyclic) bond motifs is 1. The van der Waals surface area contributed by atoms with E-state index < -0.39 is 24.4 Å². The first kappa shape index (κ1) is 21.6. The molecule has 0 aliphatic heterocycles. The van der Waals surface area contributed by atoms with Crippen molar-refractivity contribution in [3.63, 3.8) is 0 Å². The van der Waals surface area contributed by atoms with E-state index in [-0.39, 0.29) is 11.4 Å². The predicted octanol–water partition coefficient (Wildman–Crippen LogP) is 3.66. The Hall–Kier alpha value is -4.59. The molecule has 8 heteroatoms. The summed E-state index contributed by atoms with van der Waals surface area (Å²) >= 11 is 0. The van der Waals surface area contributed by atoms with Gasteiger partial charge in [0.05, 0.1) is 16.8 Å². The van der Waals surface area contributed by atoms with Crippen LogP contribution in [-0.4, -0.2) is 29.4 Å². The van der Waals surface area contributed by atoms with Gasteiger partial charge in [-0.2, -0.15) is 0 Å². The molecule has 0 aliphatic rings. The highest BCUT2D eigenvalue weighted by Gasteiger charge is 2.17. The van der Waals surface area contributed by atoms with Crippen LogP contribution >= 0.6 is 0 Å². The van der Waals surface area contributed by atoms with Crippen LogP contribution in [0, 0.1) is 5.82 Å². The molecule has 2 amide bonds. The number of hydrazine groups is 1. The molecule has 0 atom stereocenters. The number of ether oxygens (including phenoxy) is 1. The minimum Gasteiger partial charge on any atom is -0.452 e. The van der Waals surface area contributed by atoms with Crippen molar-refractivity contribution in [1.82, 2.24) is 15.8 Å². The Kier molecular flexibility index (Phi) is 6.36. The van der Waals surface area contributed by atoms with E-state index in [2.05, 4.69) is 15.8 Å². The number of rotatable bonds is 5. The summed E-state index contributed by atoms with van der Waals surface area (Å²) < 4.78 is 18.4. The number of aromatic nitrogens is 1. The highest BCUT2D eigenvalue weighted by Crippen LogP contribution is 2.25. The molecule has 1 aromatic heterocycles. The fourth-order valence-corrected chi connectivity index (χ4v) is 3.15. The van der Waals surface area contributed by atoms with E-state index in [1.54, 1.807) is 66.7 Å². The van der Waals surface area contributed by atoms with E-state index in [1.807, 2.05) is 0 Å². The summed E-state index contributed by atoms with van der Waals surface area (Å²) in [6, 6.07) is 22.6. The number of benzene rings is 3. The monoisotopic (exact) mass is 443 g/mol. The summed E-state index contributed by atoms with van der Waals surface area (Å²) in [4.78, 5) is 41.3. The van der Waals surface area contributed by atoms with Gasteiger partial charge in [-0.25, -0.2) is 14.2 Å². The van der Waals surface area contributed by atoms with Crippen LogP contribution in [0.4, 0.5) is 4.39 Å². The van der Waals surface area contributed by atoms with Gasteiger partial charge in [-0.15, -0.1) is 0 Å². The molecule has 4 rings (SSSR count). The van der Waals surface area contributed by atoms with E-state index in [0.29, 0.717) is 27.7 Å². The van der Waals surface area contributed by atoms with Gasteiger partial charge in [0.15, 0.2) is 6.61 Å². The second kappa shape index (κ2) is 9.69. The van der Waals surface area contributed by atoms with Gasteiger partial charge in [0.1, 0.15) is 5.82 Å². The van der Waals surface area contributed by atoms with Gasteiger partial charge in [-0.05, 0) is 48.5 Å². The topological polar surface area (TPSA) is 97.4 Å². The van der Waals surface area contributed by atoms with Crippen LogP contribution in [-0.2, 0) is 9.53 Å². The van der Waals surface area contributed by atoms with Crippen LogP contribution in [0.5, 0.6) is 0 Å². The Bertz CT molecular complexity index is 1320. The molecule has 4 aromatic rings. The Balaban J connectivity index is 1.46. The van der Waals surface area contributed by atoms with Crippen molar-refractivity contribution in [3.8, 4) is 11.3 Å². The second-order valence-corrected chi connectivity index (χ2v) is 7.02. The number of esters is 1. The molecule has 0 bridgehead atoms. The zero-order valence-electron chi connectivity index (χ0n) is 17.2. The number of para-hydroxylation sites is 1. The number of carbonyl (C=O) groups is 3. The summed E-state index contributed by atoms with van der Waals surface area (Å²) in [7, 11) is 0. The summed E-state index contributed by atoms with van der Waals surface area (Å²) in [5, 5.41) is 0.547. The first-order valence-electron chi connectivity index (χ1n) is 9.98. The van der Waals surface area contributed by atoms with E-state index in [4.69, 9.17) is 4.74 Å². The molecular weight excluding hydrogens is 425 g/mol. The average Bonchev–Trinajstić information content (AvgIpc) is 2.86. The fourth-order valence-electron chi connectivity index (χ4n) is 3.15. The molecule has 0 spiro atoms. The van der Waals surface area contributed by atoms with Crippen LogP contribution in [0.2, 0.25) is 0 Å². The lowest BCUT2D eigenvalue weighted by Gasteiger charge is -2.11. The van der Waals surface area contributed by atoms with Gasteiger partial charge in [-0.1, -0.05) is 36.4 Å². The van der Waals surface area contributed by atoms with E-state index in [9.17, 15) is 18.8 Å². The van der Waals surface area contributed by atoms with Crippen molar-refractivity contribution in [2.75, 3.05) is 6.61 Å². The largest absolute Gasteiger partial charge is 0.452 e. The summed E-state index contributed by atoms with van der Waals surface area (Å²) in [5.74, 6) is -2.32.